The van der Waals surface area contributed by atoms with Crippen molar-refractivity contribution in [2.24, 2.45) is 10.9 Å². The second-order valence-corrected chi connectivity index (χ2v) is 7.49. The summed E-state index contributed by atoms with van der Waals surface area (Å²) in [6, 6.07) is 15.1. The highest BCUT2D eigenvalue weighted by Crippen LogP contribution is 2.48. The Morgan fingerprint density at radius 3 is 2.38 bits per heavy atom. The lowest BCUT2D eigenvalue weighted by Gasteiger charge is -2.33. The van der Waals surface area contributed by atoms with Gasteiger partial charge in [-0.15, -0.1) is 0 Å². The van der Waals surface area contributed by atoms with Crippen LogP contribution < -0.4 is 0 Å². The fourth-order valence-electron chi connectivity index (χ4n) is 4.48. The number of Topliss-reactive ketones (excluding diaryl/α,β-unsaturated/α-hetero) is 2. The van der Waals surface area contributed by atoms with Gasteiger partial charge in [0.15, 0.2) is 11.6 Å². The lowest BCUT2D eigenvalue weighted by Crippen LogP contribution is -2.33. The maximum Gasteiger partial charge on any atom is 0.173 e. The first-order valence-corrected chi connectivity index (χ1v) is 9.27. The third-order valence-corrected chi connectivity index (χ3v) is 5.86. The molecule has 0 unspecified atom stereocenters. The van der Waals surface area contributed by atoms with Crippen LogP contribution in [-0.4, -0.2) is 17.3 Å². The van der Waals surface area contributed by atoms with Crippen LogP contribution >= 0.6 is 11.6 Å². The maximum atomic E-state index is 13.2. The van der Waals surface area contributed by atoms with Gasteiger partial charge in [-0.3, -0.25) is 14.6 Å². The Bertz CT molecular complexity index is 1020. The molecule has 2 aromatic carbocycles. The van der Waals surface area contributed by atoms with Gasteiger partial charge in [-0.2, -0.15) is 0 Å². The van der Waals surface area contributed by atoms with Gasteiger partial charge in [0.1, 0.15) is 0 Å². The number of aliphatic imine (C=N–C) groups is 1. The average molecular weight is 362 g/mol. The lowest BCUT2D eigenvalue weighted by molar-refractivity contribution is -0.116. The van der Waals surface area contributed by atoms with Crippen LogP contribution in [0, 0.1) is 5.92 Å². The number of hydrogen-bond acceptors (Lipinski definition) is 3. The van der Waals surface area contributed by atoms with Gasteiger partial charge < -0.3 is 0 Å². The van der Waals surface area contributed by atoms with Crippen molar-refractivity contribution in [1.29, 1.82) is 0 Å². The molecule has 0 N–H and O–H groups in total. The fourth-order valence-corrected chi connectivity index (χ4v) is 4.60. The number of ketones is 2. The summed E-state index contributed by atoms with van der Waals surface area (Å²) in [6.45, 7) is 0. The molecule has 3 nitrogen and oxygen atoms in total. The molecule has 2 aliphatic carbocycles. The van der Waals surface area contributed by atoms with Crippen molar-refractivity contribution in [3.05, 3.63) is 81.5 Å². The quantitative estimate of drug-likeness (QED) is 0.736. The molecule has 128 valence electrons. The summed E-state index contributed by atoms with van der Waals surface area (Å²) in [5.74, 6) is -0.515. The minimum Gasteiger partial charge on any atom is -0.294 e. The number of carbonyl (C=O) groups excluding carboxylic acids is 2. The van der Waals surface area contributed by atoms with E-state index in [1.165, 1.54) is 0 Å². The SMILES string of the molecule is O=C1CCCC2=C1[C@@H](c1ccc(Cl)cc1)[C@@H]1C(=O)c3ccccc3C1=N2. The summed E-state index contributed by atoms with van der Waals surface area (Å²) in [5, 5.41) is 0.642. The van der Waals surface area contributed by atoms with Crippen LogP contribution in [0.15, 0.2) is 64.8 Å². The molecular weight excluding hydrogens is 346 g/mol. The standard InChI is InChI=1S/C22H16ClNO2/c23-13-10-8-12(9-11-13)18-19-16(6-3-7-17(19)25)24-21-14-4-1-2-5-15(14)22(26)20(18)21/h1-2,4-5,8-11,18,20H,3,6-7H2/t18-,20+/m1/s1. The normalized spacial score (nSPS) is 24.1. The van der Waals surface area contributed by atoms with Gasteiger partial charge in [0.05, 0.1) is 11.6 Å². The van der Waals surface area contributed by atoms with E-state index in [9.17, 15) is 9.59 Å². The first kappa shape index (κ1) is 15.7. The molecule has 0 amide bonds. The Morgan fingerprint density at radius 2 is 1.62 bits per heavy atom. The van der Waals surface area contributed by atoms with E-state index in [0.29, 0.717) is 17.0 Å². The van der Waals surface area contributed by atoms with E-state index in [1.807, 2.05) is 48.5 Å². The van der Waals surface area contributed by atoms with Crippen molar-refractivity contribution in [1.82, 2.24) is 0 Å². The molecule has 4 heteroatoms. The molecule has 1 heterocycles. The van der Waals surface area contributed by atoms with Gasteiger partial charge in [0, 0.05) is 39.8 Å². The number of hydrogen-bond donors (Lipinski definition) is 0. The van der Waals surface area contributed by atoms with Crippen LogP contribution in [0.1, 0.15) is 46.7 Å². The molecule has 0 spiro atoms. The minimum atomic E-state index is -0.422. The topological polar surface area (TPSA) is 46.5 Å². The Hall–Kier alpha value is -2.52. The predicted molar refractivity (Wildman–Crippen MR) is 101 cm³/mol. The highest BCUT2D eigenvalue weighted by molar-refractivity contribution is 6.31. The number of benzene rings is 2. The lowest BCUT2D eigenvalue weighted by atomic mass is 9.71. The van der Waals surface area contributed by atoms with Gasteiger partial charge >= 0.3 is 0 Å². The van der Waals surface area contributed by atoms with Crippen molar-refractivity contribution >= 4 is 28.9 Å². The van der Waals surface area contributed by atoms with Gasteiger partial charge in [-0.1, -0.05) is 48.0 Å². The molecule has 2 aromatic rings. The monoisotopic (exact) mass is 361 g/mol. The zero-order valence-corrected chi connectivity index (χ0v) is 14.8. The highest BCUT2D eigenvalue weighted by Gasteiger charge is 2.48. The van der Waals surface area contributed by atoms with Crippen LogP contribution in [0.25, 0.3) is 0 Å². The van der Waals surface area contributed by atoms with Gasteiger partial charge in [-0.25, -0.2) is 0 Å². The summed E-state index contributed by atoms with van der Waals surface area (Å²) in [4.78, 5) is 30.8. The molecule has 0 aromatic heterocycles. The average Bonchev–Trinajstić information content (AvgIpc) is 2.94. The van der Waals surface area contributed by atoms with Crippen LogP contribution in [0.4, 0.5) is 0 Å². The molecule has 0 saturated heterocycles. The van der Waals surface area contributed by atoms with Gasteiger partial charge in [0.2, 0.25) is 0 Å². The van der Waals surface area contributed by atoms with Crippen LogP contribution in [0.5, 0.6) is 0 Å². The van der Waals surface area contributed by atoms with Crippen molar-refractivity contribution in [2.45, 2.75) is 25.2 Å². The first-order valence-electron chi connectivity index (χ1n) is 8.89. The van der Waals surface area contributed by atoms with E-state index < -0.39 is 5.92 Å². The molecule has 3 aliphatic rings. The van der Waals surface area contributed by atoms with Gasteiger partial charge in [-0.05, 0) is 30.5 Å². The minimum absolute atomic E-state index is 0.0595. The van der Waals surface area contributed by atoms with Crippen molar-refractivity contribution in [2.75, 3.05) is 0 Å². The fraction of sp³-hybridized carbons (Fsp3) is 0.227. The number of rotatable bonds is 1. The largest absolute Gasteiger partial charge is 0.294 e. The van der Waals surface area contributed by atoms with Gasteiger partial charge in [0.25, 0.3) is 0 Å². The van der Waals surface area contributed by atoms with Crippen LogP contribution in [0.3, 0.4) is 0 Å². The summed E-state index contributed by atoms with van der Waals surface area (Å²) in [5.41, 5.74) is 4.98. The zero-order valence-electron chi connectivity index (χ0n) is 14.0. The summed E-state index contributed by atoms with van der Waals surface area (Å²) in [7, 11) is 0. The number of fused-ring (bicyclic) bond motifs is 3. The third kappa shape index (κ3) is 2.17. The highest BCUT2D eigenvalue weighted by atomic mass is 35.5. The first-order chi connectivity index (χ1) is 12.6. The third-order valence-electron chi connectivity index (χ3n) is 5.60. The van der Waals surface area contributed by atoms with Crippen LogP contribution in [0.2, 0.25) is 5.02 Å². The zero-order chi connectivity index (χ0) is 17.8. The molecule has 26 heavy (non-hydrogen) atoms. The summed E-state index contributed by atoms with van der Waals surface area (Å²) >= 11 is 6.06. The molecule has 5 rings (SSSR count). The Balaban J connectivity index is 1.76. The second kappa shape index (κ2) is 5.75. The van der Waals surface area contributed by atoms with E-state index in [2.05, 4.69) is 0 Å². The van der Waals surface area contributed by atoms with Crippen LogP contribution in [-0.2, 0) is 4.79 Å². The predicted octanol–water partition coefficient (Wildman–Crippen LogP) is 4.75. The Labute approximate surface area is 156 Å². The van der Waals surface area contributed by atoms with Crippen molar-refractivity contribution in [3.63, 3.8) is 0 Å². The van der Waals surface area contributed by atoms with E-state index in [0.717, 1.165) is 41.0 Å². The molecule has 2 atom stereocenters. The van der Waals surface area contributed by atoms with E-state index in [1.54, 1.807) is 0 Å². The molecular formula is C22H16ClNO2. The maximum absolute atomic E-state index is 13.2. The van der Waals surface area contributed by atoms with E-state index >= 15 is 0 Å². The molecule has 0 saturated carbocycles. The van der Waals surface area contributed by atoms with E-state index in [-0.39, 0.29) is 17.5 Å². The summed E-state index contributed by atoms with van der Waals surface area (Å²) < 4.78 is 0. The number of allylic oxidation sites excluding steroid dienone is 2. The number of nitrogens with zero attached hydrogens (tertiary/aromatic N) is 1. The number of halogens is 1. The van der Waals surface area contributed by atoms with Crippen molar-refractivity contribution < 1.29 is 9.59 Å². The van der Waals surface area contributed by atoms with E-state index in [4.69, 9.17) is 16.6 Å². The molecule has 0 fully saturated rings. The Kier molecular flexibility index (Phi) is 3.47. The Morgan fingerprint density at radius 1 is 0.885 bits per heavy atom. The smallest absolute Gasteiger partial charge is 0.173 e. The number of carbonyl (C=O) groups is 2. The van der Waals surface area contributed by atoms with Crippen molar-refractivity contribution in [3.8, 4) is 0 Å². The molecule has 0 bridgehead atoms. The molecule has 0 radical (unpaired) electrons. The molecule has 1 aliphatic heterocycles. The second-order valence-electron chi connectivity index (χ2n) is 7.05. The summed E-state index contributed by atoms with van der Waals surface area (Å²) in [6.07, 6.45) is 2.14.